The summed E-state index contributed by atoms with van der Waals surface area (Å²) in [5.41, 5.74) is 8.18. The molecular formula is C30H23FN4O3. The van der Waals surface area contributed by atoms with Crippen LogP contribution in [0.5, 0.6) is 5.75 Å². The molecular weight excluding hydrogens is 483 g/mol. The Morgan fingerprint density at radius 3 is 2.18 bits per heavy atom. The first-order valence-electron chi connectivity index (χ1n) is 11.9. The maximum Gasteiger partial charge on any atom is 0.343 e. The Kier molecular flexibility index (Phi) is 7.04. The van der Waals surface area contributed by atoms with Crippen LogP contribution < -0.4 is 15.6 Å². The molecule has 0 spiro atoms. The lowest BCUT2D eigenvalue weighted by Gasteiger charge is -2.30. The van der Waals surface area contributed by atoms with Gasteiger partial charge in [-0.2, -0.15) is 10.2 Å². The summed E-state index contributed by atoms with van der Waals surface area (Å²) < 4.78 is 18.6. The van der Waals surface area contributed by atoms with Crippen LogP contribution in [0.25, 0.3) is 0 Å². The number of carbonyl (C=O) groups excluding carboxylic acids is 2. The van der Waals surface area contributed by atoms with Gasteiger partial charge in [0.1, 0.15) is 22.8 Å². The highest BCUT2D eigenvalue weighted by Gasteiger charge is 2.41. The number of nitrogens with zero attached hydrogens (tertiary/aromatic N) is 2. The maximum absolute atomic E-state index is 13.3. The minimum Gasteiger partial charge on any atom is -0.423 e. The lowest BCUT2D eigenvalue weighted by atomic mass is 9.80. The molecule has 0 bridgehead atoms. The topological polar surface area (TPSA) is 92.1 Å². The second-order valence-electron chi connectivity index (χ2n) is 8.65. The number of halogens is 1. The number of ether oxygens (including phenoxy) is 1. The summed E-state index contributed by atoms with van der Waals surface area (Å²) in [6, 6.07) is 31.5. The highest BCUT2D eigenvalue weighted by molar-refractivity contribution is 6.39. The Bertz CT molecular complexity index is 1460. The third-order valence-electron chi connectivity index (χ3n) is 6.14. The normalized spacial score (nSPS) is 14.0. The molecule has 1 aliphatic heterocycles. The highest BCUT2D eigenvalue weighted by Crippen LogP contribution is 2.36. The van der Waals surface area contributed by atoms with Crippen molar-refractivity contribution >= 4 is 23.8 Å². The Morgan fingerprint density at radius 2 is 1.55 bits per heavy atom. The summed E-state index contributed by atoms with van der Waals surface area (Å²) in [5, 5.41) is 8.39. The molecule has 2 N–H and O–H groups in total. The van der Waals surface area contributed by atoms with Gasteiger partial charge in [-0.25, -0.2) is 14.6 Å². The van der Waals surface area contributed by atoms with Crippen molar-refractivity contribution in [3.63, 3.8) is 0 Å². The van der Waals surface area contributed by atoms with Gasteiger partial charge < -0.3 is 4.74 Å². The van der Waals surface area contributed by atoms with Gasteiger partial charge in [0.25, 0.3) is 5.91 Å². The van der Waals surface area contributed by atoms with Gasteiger partial charge in [-0.1, -0.05) is 66.7 Å². The number of hydrazone groups is 2. The molecule has 0 fully saturated rings. The molecule has 38 heavy (non-hydrogen) atoms. The molecule has 4 aromatic rings. The molecule has 0 saturated carbocycles. The quantitative estimate of drug-likeness (QED) is 0.163. The standard InChI is InChI=1S/C30H23FN4O3/c31-25-13-7-8-22(18-25)29(37)38-26-16-14-21(15-17-26)20-32-34-28(36)27-19-30(35-33-27,23-9-3-1-4-10-23)24-11-5-2-6-12-24/h1-18,20,35H,19H2,(H,34,36)/b32-20-. The molecule has 0 saturated heterocycles. The average Bonchev–Trinajstić information content (AvgIpc) is 3.42. The maximum atomic E-state index is 13.3. The fourth-order valence-corrected chi connectivity index (χ4v) is 4.20. The summed E-state index contributed by atoms with van der Waals surface area (Å²) in [4.78, 5) is 25.0. The van der Waals surface area contributed by atoms with Crippen LogP contribution in [0.15, 0.2) is 119 Å². The van der Waals surface area contributed by atoms with E-state index in [1.165, 1.54) is 24.4 Å². The molecule has 8 heteroatoms. The van der Waals surface area contributed by atoms with E-state index in [1.807, 2.05) is 60.7 Å². The molecule has 7 nitrogen and oxygen atoms in total. The van der Waals surface area contributed by atoms with Crippen LogP contribution in [-0.2, 0) is 10.3 Å². The van der Waals surface area contributed by atoms with Crippen molar-refractivity contribution in [3.05, 3.63) is 137 Å². The second kappa shape index (κ2) is 10.9. The third-order valence-corrected chi connectivity index (χ3v) is 6.14. The number of hydrogen-bond donors (Lipinski definition) is 2. The molecule has 0 atom stereocenters. The second-order valence-corrected chi connectivity index (χ2v) is 8.65. The van der Waals surface area contributed by atoms with Gasteiger partial charge in [0.05, 0.1) is 11.8 Å². The van der Waals surface area contributed by atoms with E-state index in [4.69, 9.17) is 4.74 Å². The Hall–Kier alpha value is -5.11. The molecule has 1 aliphatic rings. The zero-order valence-corrected chi connectivity index (χ0v) is 20.2. The first-order chi connectivity index (χ1) is 18.5. The first kappa shape index (κ1) is 24.6. The minimum atomic E-state index is -0.661. The molecule has 1 heterocycles. The molecule has 0 aromatic heterocycles. The zero-order valence-electron chi connectivity index (χ0n) is 20.2. The van der Waals surface area contributed by atoms with Gasteiger partial charge in [0.2, 0.25) is 0 Å². The van der Waals surface area contributed by atoms with Crippen molar-refractivity contribution in [2.75, 3.05) is 0 Å². The summed E-state index contributed by atoms with van der Waals surface area (Å²) in [5.74, 6) is -1.29. The molecule has 188 valence electrons. The summed E-state index contributed by atoms with van der Waals surface area (Å²) in [7, 11) is 0. The summed E-state index contributed by atoms with van der Waals surface area (Å²) in [6.45, 7) is 0. The molecule has 5 rings (SSSR count). The number of esters is 1. The minimum absolute atomic E-state index is 0.117. The molecule has 4 aromatic carbocycles. The van der Waals surface area contributed by atoms with E-state index in [-0.39, 0.29) is 5.56 Å². The molecule has 0 aliphatic carbocycles. The van der Waals surface area contributed by atoms with E-state index in [0.29, 0.717) is 23.4 Å². The van der Waals surface area contributed by atoms with Crippen LogP contribution in [-0.4, -0.2) is 23.8 Å². The summed E-state index contributed by atoms with van der Waals surface area (Å²) >= 11 is 0. The smallest absolute Gasteiger partial charge is 0.343 e. The Morgan fingerprint density at radius 1 is 0.895 bits per heavy atom. The van der Waals surface area contributed by atoms with Gasteiger partial charge in [-0.05, 0) is 59.2 Å². The number of rotatable bonds is 7. The largest absolute Gasteiger partial charge is 0.423 e. The lowest BCUT2D eigenvalue weighted by molar-refractivity contribution is -0.114. The fraction of sp³-hybridized carbons (Fsp3) is 0.0667. The number of benzene rings is 4. The van der Waals surface area contributed by atoms with Crippen molar-refractivity contribution in [3.8, 4) is 5.75 Å². The SMILES string of the molecule is O=C(N/N=C\c1ccc(OC(=O)c2cccc(F)c2)cc1)C1=NNC(c2ccccc2)(c2ccccc2)C1. The Labute approximate surface area is 218 Å². The Balaban J connectivity index is 1.21. The number of nitrogens with one attached hydrogen (secondary N) is 2. The molecule has 0 unspecified atom stereocenters. The van der Waals surface area contributed by atoms with Crippen LogP contribution in [0.4, 0.5) is 4.39 Å². The van der Waals surface area contributed by atoms with E-state index < -0.39 is 23.2 Å². The van der Waals surface area contributed by atoms with E-state index >= 15 is 0 Å². The van der Waals surface area contributed by atoms with Crippen molar-refractivity contribution in [2.45, 2.75) is 12.0 Å². The zero-order chi connectivity index (χ0) is 26.4. The number of hydrogen-bond acceptors (Lipinski definition) is 6. The van der Waals surface area contributed by atoms with Crippen LogP contribution in [0.2, 0.25) is 0 Å². The predicted octanol–water partition coefficient (Wildman–Crippen LogP) is 4.79. The van der Waals surface area contributed by atoms with Crippen LogP contribution in [0.1, 0.15) is 33.5 Å². The fourth-order valence-electron chi connectivity index (χ4n) is 4.20. The van der Waals surface area contributed by atoms with Gasteiger partial charge >= 0.3 is 5.97 Å². The highest BCUT2D eigenvalue weighted by atomic mass is 19.1. The predicted molar refractivity (Wildman–Crippen MR) is 142 cm³/mol. The lowest BCUT2D eigenvalue weighted by Crippen LogP contribution is -2.38. The average molecular weight is 507 g/mol. The van der Waals surface area contributed by atoms with Crippen LogP contribution in [0, 0.1) is 5.82 Å². The summed E-state index contributed by atoms with van der Waals surface area (Å²) in [6.07, 6.45) is 1.83. The first-order valence-corrected chi connectivity index (χ1v) is 11.9. The van der Waals surface area contributed by atoms with Crippen molar-refractivity contribution in [2.24, 2.45) is 10.2 Å². The van der Waals surface area contributed by atoms with Crippen LogP contribution in [0.3, 0.4) is 0 Å². The van der Waals surface area contributed by atoms with Gasteiger partial charge in [0.15, 0.2) is 0 Å². The van der Waals surface area contributed by atoms with Gasteiger partial charge in [-0.15, -0.1) is 0 Å². The molecule has 0 radical (unpaired) electrons. The van der Waals surface area contributed by atoms with E-state index in [9.17, 15) is 14.0 Å². The van der Waals surface area contributed by atoms with Gasteiger partial charge in [0, 0.05) is 6.42 Å². The number of carbonyl (C=O) groups is 2. The van der Waals surface area contributed by atoms with E-state index in [0.717, 1.165) is 17.2 Å². The van der Waals surface area contributed by atoms with Crippen molar-refractivity contribution in [1.29, 1.82) is 0 Å². The third kappa shape index (κ3) is 5.34. The van der Waals surface area contributed by atoms with Crippen LogP contribution >= 0.6 is 0 Å². The molecule has 1 amide bonds. The van der Waals surface area contributed by atoms with E-state index in [2.05, 4.69) is 21.1 Å². The van der Waals surface area contributed by atoms with Crippen molar-refractivity contribution < 1.29 is 18.7 Å². The van der Waals surface area contributed by atoms with E-state index in [1.54, 1.807) is 24.3 Å². The van der Waals surface area contributed by atoms with Gasteiger partial charge in [-0.3, -0.25) is 10.2 Å². The number of amides is 1. The monoisotopic (exact) mass is 506 g/mol. The van der Waals surface area contributed by atoms with Crippen molar-refractivity contribution in [1.82, 2.24) is 10.9 Å².